The van der Waals surface area contributed by atoms with Crippen molar-refractivity contribution in [3.8, 4) is 16.8 Å². The van der Waals surface area contributed by atoms with E-state index in [9.17, 15) is 0 Å². The summed E-state index contributed by atoms with van der Waals surface area (Å²) in [5, 5.41) is 2.45. The second kappa shape index (κ2) is 17.0. The zero-order valence-electron chi connectivity index (χ0n) is 35.2. The van der Waals surface area contributed by atoms with Crippen molar-refractivity contribution in [2.24, 2.45) is 0 Å². The predicted octanol–water partition coefficient (Wildman–Crippen LogP) is 16.9. The summed E-state index contributed by atoms with van der Waals surface area (Å²) >= 11 is 0. The van der Waals surface area contributed by atoms with Crippen molar-refractivity contribution in [2.75, 3.05) is 14.7 Å². The van der Waals surface area contributed by atoms with Gasteiger partial charge in [0.15, 0.2) is 0 Å². The lowest BCUT2D eigenvalue weighted by Crippen LogP contribution is -2.14. The summed E-state index contributed by atoms with van der Waals surface area (Å²) in [6, 6.07) is 95.4. The molecule has 0 bridgehead atoms. The molecule has 0 aliphatic heterocycles. The first-order valence-electron chi connectivity index (χ1n) is 21.8. The lowest BCUT2D eigenvalue weighted by Gasteiger charge is -2.31. The van der Waals surface area contributed by atoms with Gasteiger partial charge in [-0.05, 0) is 126 Å². The molecule has 0 unspecified atom stereocenters. The van der Waals surface area contributed by atoms with Crippen LogP contribution in [0.25, 0.3) is 38.6 Å². The lowest BCUT2D eigenvalue weighted by atomic mass is 10.0. The smallest absolute Gasteiger partial charge is 0.0561 e. The van der Waals surface area contributed by atoms with Gasteiger partial charge in [-0.3, -0.25) is 0 Å². The highest BCUT2D eigenvalue weighted by Gasteiger charge is 2.21. The fraction of sp³-hybridized carbons (Fsp3) is 0. The first-order valence-corrected chi connectivity index (χ1v) is 21.8. The highest BCUT2D eigenvalue weighted by atomic mass is 15.2. The van der Waals surface area contributed by atoms with Crippen LogP contribution in [0.4, 0.5) is 51.2 Å². The van der Waals surface area contributed by atoms with Gasteiger partial charge in [-0.2, -0.15) is 0 Å². The Labute approximate surface area is 374 Å². The summed E-state index contributed by atoms with van der Waals surface area (Å²) < 4.78 is 2.38. The van der Waals surface area contributed by atoms with E-state index in [-0.39, 0.29) is 0 Å². The molecule has 64 heavy (non-hydrogen) atoms. The molecule has 1 aromatic heterocycles. The first-order chi connectivity index (χ1) is 31.8. The maximum Gasteiger partial charge on any atom is 0.0561 e. The highest BCUT2D eigenvalue weighted by molar-refractivity contribution is 6.10. The van der Waals surface area contributed by atoms with Crippen LogP contribution in [-0.4, -0.2) is 4.57 Å². The Hall–Kier alpha value is -8.60. The Morgan fingerprint density at radius 1 is 0.219 bits per heavy atom. The minimum Gasteiger partial charge on any atom is -0.310 e. The average Bonchev–Trinajstić information content (AvgIpc) is 3.70. The van der Waals surface area contributed by atoms with E-state index in [0.29, 0.717) is 0 Å². The Bertz CT molecular complexity index is 3270. The third-order valence-electron chi connectivity index (χ3n) is 11.9. The Balaban J connectivity index is 1.08. The maximum atomic E-state index is 2.38. The van der Waals surface area contributed by atoms with Crippen molar-refractivity contribution in [2.45, 2.75) is 0 Å². The minimum atomic E-state index is 1.04. The van der Waals surface area contributed by atoms with Crippen LogP contribution in [0.5, 0.6) is 0 Å². The van der Waals surface area contributed by atoms with Crippen molar-refractivity contribution < 1.29 is 0 Å². The number of aromatic nitrogens is 1. The van der Waals surface area contributed by atoms with Gasteiger partial charge >= 0.3 is 0 Å². The number of fused-ring (bicyclic) bond motifs is 3. The first kappa shape index (κ1) is 38.3. The molecule has 1 heterocycles. The summed E-state index contributed by atoms with van der Waals surface area (Å²) in [5.41, 5.74) is 15.4. The molecule has 0 saturated carbocycles. The van der Waals surface area contributed by atoms with Gasteiger partial charge in [0.1, 0.15) is 0 Å². The van der Waals surface area contributed by atoms with E-state index >= 15 is 0 Å². The molecule has 0 aliphatic rings. The summed E-state index contributed by atoms with van der Waals surface area (Å²) in [6.45, 7) is 0. The largest absolute Gasteiger partial charge is 0.310 e. The summed E-state index contributed by atoms with van der Waals surface area (Å²) in [5.74, 6) is 0. The predicted molar refractivity (Wildman–Crippen MR) is 270 cm³/mol. The van der Waals surface area contributed by atoms with Crippen LogP contribution >= 0.6 is 0 Å². The molecule has 304 valence electrons. The van der Waals surface area contributed by atoms with Gasteiger partial charge in [0.25, 0.3) is 0 Å². The summed E-state index contributed by atoms with van der Waals surface area (Å²) in [4.78, 5) is 7.06. The number of anilines is 9. The van der Waals surface area contributed by atoms with E-state index in [2.05, 4.69) is 286 Å². The molecule has 0 amide bonds. The molecule has 0 aliphatic carbocycles. The van der Waals surface area contributed by atoms with Gasteiger partial charge in [0.05, 0.1) is 11.0 Å². The molecule has 0 N–H and O–H groups in total. The topological polar surface area (TPSA) is 14.7 Å². The zero-order valence-corrected chi connectivity index (χ0v) is 35.2. The molecule has 4 heteroatoms. The quantitative estimate of drug-likeness (QED) is 0.129. The van der Waals surface area contributed by atoms with Crippen molar-refractivity contribution in [1.82, 2.24) is 4.57 Å². The molecule has 0 fully saturated rings. The molecule has 0 saturated heterocycles. The Morgan fingerprint density at radius 3 is 1.08 bits per heavy atom. The van der Waals surface area contributed by atoms with Gasteiger partial charge in [-0.15, -0.1) is 0 Å². The molecule has 11 rings (SSSR count). The maximum absolute atomic E-state index is 2.38. The van der Waals surface area contributed by atoms with Crippen molar-refractivity contribution in [1.29, 1.82) is 0 Å². The van der Waals surface area contributed by atoms with Crippen molar-refractivity contribution in [3.63, 3.8) is 0 Å². The summed E-state index contributed by atoms with van der Waals surface area (Å²) in [7, 11) is 0. The minimum absolute atomic E-state index is 1.04. The lowest BCUT2D eigenvalue weighted by molar-refractivity contribution is 1.18. The van der Waals surface area contributed by atoms with Crippen molar-refractivity contribution in [3.05, 3.63) is 267 Å². The van der Waals surface area contributed by atoms with E-state index in [1.807, 2.05) is 0 Å². The average molecular weight is 821 g/mol. The number of hydrogen-bond acceptors (Lipinski definition) is 3. The number of nitrogens with zero attached hydrogens (tertiary/aromatic N) is 4. The molecule has 4 nitrogen and oxygen atoms in total. The molecular formula is C60H44N4. The Kier molecular flexibility index (Phi) is 10.2. The van der Waals surface area contributed by atoms with Crippen LogP contribution in [0.1, 0.15) is 0 Å². The number of benzene rings is 10. The second-order valence-corrected chi connectivity index (χ2v) is 15.9. The van der Waals surface area contributed by atoms with Crippen molar-refractivity contribution >= 4 is 73.0 Å². The summed E-state index contributed by atoms with van der Waals surface area (Å²) in [6.07, 6.45) is 0. The molecule has 11 aromatic rings. The van der Waals surface area contributed by atoms with Gasteiger partial charge in [-0.25, -0.2) is 0 Å². The third kappa shape index (κ3) is 7.33. The van der Waals surface area contributed by atoms with E-state index in [1.54, 1.807) is 0 Å². The monoisotopic (exact) mass is 820 g/mol. The van der Waals surface area contributed by atoms with E-state index in [0.717, 1.165) is 62.4 Å². The standard InChI is InChI=1S/C60H44N4/c1-6-20-45(21-7-1)46-36-38-51(39-37-46)63(54-32-18-30-52(42-54)61(47-22-8-2-9-23-47)48-24-10-3-11-25-48)55-33-19-31-53(43-55)62(49-26-12-4-13-27-49)56-40-41-58-57-34-16-17-35-59(57)64(60(58)44-56)50-28-14-5-15-29-50/h1-44H. The SMILES string of the molecule is c1ccc(-c2ccc(N(c3cccc(N(c4ccccc4)c4ccccc4)c3)c3cccc(N(c4ccccc4)c4ccc5c6ccccc6n(-c6ccccc6)c5c4)c3)cc2)cc1. The van der Waals surface area contributed by atoms with Crippen LogP contribution < -0.4 is 14.7 Å². The van der Waals surface area contributed by atoms with Crippen LogP contribution in [0.3, 0.4) is 0 Å². The van der Waals surface area contributed by atoms with Crippen LogP contribution in [0, 0.1) is 0 Å². The van der Waals surface area contributed by atoms with Crippen LogP contribution in [0.15, 0.2) is 267 Å². The molecular weight excluding hydrogens is 777 g/mol. The Morgan fingerprint density at radius 2 is 0.562 bits per heavy atom. The van der Waals surface area contributed by atoms with E-state index in [4.69, 9.17) is 0 Å². The van der Waals surface area contributed by atoms with Crippen LogP contribution in [-0.2, 0) is 0 Å². The second-order valence-electron chi connectivity index (χ2n) is 15.9. The number of hydrogen-bond donors (Lipinski definition) is 0. The molecule has 0 spiro atoms. The van der Waals surface area contributed by atoms with E-state index in [1.165, 1.54) is 27.4 Å². The van der Waals surface area contributed by atoms with Gasteiger partial charge in [0, 0.05) is 67.6 Å². The fourth-order valence-corrected chi connectivity index (χ4v) is 9.00. The fourth-order valence-electron chi connectivity index (χ4n) is 9.00. The molecule has 10 aromatic carbocycles. The van der Waals surface area contributed by atoms with Gasteiger partial charge in [-0.1, -0.05) is 152 Å². The molecule has 0 atom stereocenters. The zero-order chi connectivity index (χ0) is 42.7. The van der Waals surface area contributed by atoms with E-state index < -0.39 is 0 Å². The van der Waals surface area contributed by atoms with Gasteiger partial charge in [0.2, 0.25) is 0 Å². The van der Waals surface area contributed by atoms with Gasteiger partial charge < -0.3 is 19.3 Å². The highest BCUT2D eigenvalue weighted by Crippen LogP contribution is 2.44. The normalized spacial score (nSPS) is 11.1. The molecule has 0 radical (unpaired) electrons. The number of rotatable bonds is 11. The van der Waals surface area contributed by atoms with Crippen LogP contribution in [0.2, 0.25) is 0 Å². The third-order valence-corrected chi connectivity index (χ3v) is 11.9. The number of para-hydroxylation sites is 5.